The van der Waals surface area contributed by atoms with Gasteiger partial charge in [0.25, 0.3) is 0 Å². The first kappa shape index (κ1) is 40.5. The lowest BCUT2D eigenvalue weighted by Gasteiger charge is -2.28. The highest BCUT2D eigenvalue weighted by atomic mass is 35.5. The Bertz CT molecular complexity index is 449. The third-order valence-electron chi connectivity index (χ3n) is 9.22. The maximum atomic E-state index is 5.61. The van der Waals surface area contributed by atoms with Gasteiger partial charge in [-0.2, -0.15) is 0 Å². The molecule has 0 fully saturated rings. The quantitative estimate of drug-likeness (QED) is 0.0555. The van der Waals surface area contributed by atoms with Crippen molar-refractivity contribution in [2.45, 2.75) is 206 Å². The van der Waals surface area contributed by atoms with Gasteiger partial charge >= 0.3 is 0 Å². The van der Waals surface area contributed by atoms with Gasteiger partial charge in [0, 0.05) is 13.1 Å². The predicted octanol–water partition coefficient (Wildman–Crippen LogP) is 13.4. The lowest BCUT2D eigenvalue weighted by molar-refractivity contribution is 0.236. The van der Waals surface area contributed by atoms with Gasteiger partial charge in [0.1, 0.15) is 0 Å². The Balaban J connectivity index is 4.69. The minimum atomic E-state index is 0.952. The van der Waals surface area contributed by atoms with Gasteiger partial charge in [0.05, 0.1) is 0 Å². The van der Waals surface area contributed by atoms with Crippen LogP contribution >= 0.6 is 23.6 Å². The van der Waals surface area contributed by atoms with Crippen molar-refractivity contribution in [3.63, 3.8) is 0 Å². The molecule has 0 saturated carbocycles. The number of nitrogens with one attached hydrogen (secondary N) is 2. The highest BCUT2D eigenvalue weighted by Gasteiger charge is 2.20. The van der Waals surface area contributed by atoms with Crippen molar-refractivity contribution >= 4 is 23.6 Å². The van der Waals surface area contributed by atoms with E-state index in [0.717, 1.165) is 24.9 Å². The minimum absolute atomic E-state index is 0.952. The maximum absolute atomic E-state index is 5.61. The molecule has 0 aliphatic rings. The first-order valence-corrected chi connectivity index (χ1v) is 19.2. The summed E-state index contributed by atoms with van der Waals surface area (Å²) < 4.78 is 0. The molecule has 0 aromatic heterocycles. The third-order valence-corrected chi connectivity index (χ3v) is 9.59. The SMILES string of the molecule is CCCCCCCCCC(CCCCCCCCNCl)C(CCCCCCCC)CCCCCCCCCNCl. The van der Waals surface area contributed by atoms with Crippen molar-refractivity contribution in [2.24, 2.45) is 11.8 Å². The van der Waals surface area contributed by atoms with E-state index in [0.29, 0.717) is 0 Å². The summed E-state index contributed by atoms with van der Waals surface area (Å²) in [7, 11) is 0. The molecule has 0 aromatic rings. The molecule has 0 saturated heterocycles. The lowest BCUT2D eigenvalue weighted by Crippen LogP contribution is -2.16. The van der Waals surface area contributed by atoms with E-state index in [4.69, 9.17) is 23.6 Å². The number of hydrogen-bond donors (Lipinski definition) is 2. The molecule has 2 atom stereocenters. The van der Waals surface area contributed by atoms with E-state index >= 15 is 0 Å². The number of unbranched alkanes of at least 4 members (excludes halogenated alkanes) is 22. The van der Waals surface area contributed by atoms with Crippen LogP contribution in [0.15, 0.2) is 0 Å². The Morgan fingerprint density at radius 1 is 0.325 bits per heavy atom. The molecule has 40 heavy (non-hydrogen) atoms. The summed E-state index contributed by atoms with van der Waals surface area (Å²) in [4.78, 5) is 5.53. The fourth-order valence-corrected chi connectivity index (χ4v) is 6.84. The zero-order valence-electron chi connectivity index (χ0n) is 27.5. The Hall–Kier alpha value is 0.500. The van der Waals surface area contributed by atoms with Crippen molar-refractivity contribution < 1.29 is 0 Å². The molecule has 2 nitrogen and oxygen atoms in total. The van der Waals surface area contributed by atoms with E-state index in [-0.39, 0.29) is 0 Å². The monoisotopic (exact) mass is 605 g/mol. The summed E-state index contributed by atoms with van der Waals surface area (Å²) in [6.07, 6.45) is 42.6. The summed E-state index contributed by atoms with van der Waals surface area (Å²) in [5, 5.41) is 0. The van der Waals surface area contributed by atoms with Crippen molar-refractivity contribution in [3.8, 4) is 0 Å². The van der Waals surface area contributed by atoms with Gasteiger partial charge in [-0.15, -0.1) is 0 Å². The third kappa shape index (κ3) is 30.0. The van der Waals surface area contributed by atoms with Crippen LogP contribution in [0.2, 0.25) is 0 Å². The van der Waals surface area contributed by atoms with Crippen LogP contribution in [0, 0.1) is 11.8 Å². The molecule has 0 bridgehead atoms. The molecular formula is C36H74Cl2N2. The van der Waals surface area contributed by atoms with Crippen LogP contribution in [0.4, 0.5) is 0 Å². The fourth-order valence-electron chi connectivity index (χ4n) is 6.57. The predicted molar refractivity (Wildman–Crippen MR) is 185 cm³/mol. The van der Waals surface area contributed by atoms with Crippen LogP contribution < -0.4 is 9.67 Å². The Morgan fingerprint density at radius 3 is 0.800 bits per heavy atom. The smallest absolute Gasteiger partial charge is 0.0108 e. The lowest BCUT2D eigenvalue weighted by atomic mass is 9.78. The highest BCUT2D eigenvalue weighted by Crippen LogP contribution is 2.33. The summed E-state index contributed by atoms with van der Waals surface area (Å²) >= 11 is 11.2. The second-order valence-electron chi connectivity index (χ2n) is 12.9. The molecule has 0 amide bonds. The van der Waals surface area contributed by atoms with Crippen molar-refractivity contribution in [3.05, 3.63) is 0 Å². The molecule has 0 radical (unpaired) electrons. The summed E-state index contributed by atoms with van der Waals surface area (Å²) in [5.74, 6) is 1.96. The fraction of sp³-hybridized carbons (Fsp3) is 1.00. The topological polar surface area (TPSA) is 24.1 Å². The van der Waals surface area contributed by atoms with E-state index in [1.165, 1.54) is 193 Å². The first-order valence-electron chi connectivity index (χ1n) is 18.5. The van der Waals surface area contributed by atoms with Gasteiger partial charge in [-0.25, -0.2) is 9.67 Å². The molecular weight excluding hydrogens is 531 g/mol. The molecule has 0 rings (SSSR count). The Labute approximate surface area is 263 Å². The molecule has 0 aliphatic heterocycles. The first-order chi connectivity index (χ1) is 19.8. The van der Waals surface area contributed by atoms with Crippen LogP contribution in [0.3, 0.4) is 0 Å². The number of halogens is 2. The minimum Gasteiger partial charge on any atom is -0.234 e. The number of rotatable bonds is 35. The summed E-state index contributed by atoms with van der Waals surface area (Å²) in [6.45, 7) is 6.56. The Kier molecular flexibility index (Phi) is 36.1. The zero-order chi connectivity index (χ0) is 29.2. The van der Waals surface area contributed by atoms with Gasteiger partial charge < -0.3 is 0 Å². The molecule has 0 spiro atoms. The van der Waals surface area contributed by atoms with Crippen LogP contribution in [0.5, 0.6) is 0 Å². The standard InChI is InChI=1S/C36H74Cl2N2/c1-3-5-7-9-12-18-24-30-36(32-26-20-14-16-22-28-34-40-38)35(29-23-17-10-8-6-4-2)31-25-19-13-11-15-21-27-33-39-37/h35-36,39-40H,3-34H2,1-2H3. The number of hydrogen-bond acceptors (Lipinski definition) is 2. The Morgan fingerprint density at radius 2 is 0.550 bits per heavy atom. The van der Waals surface area contributed by atoms with E-state index in [1.807, 2.05) is 0 Å². The maximum Gasteiger partial charge on any atom is 0.0108 e. The molecule has 0 aromatic carbocycles. The normalized spacial score (nSPS) is 13.2. The molecule has 2 unspecified atom stereocenters. The van der Waals surface area contributed by atoms with Crippen LogP contribution in [0.25, 0.3) is 0 Å². The molecule has 4 heteroatoms. The van der Waals surface area contributed by atoms with Gasteiger partial charge in [0.2, 0.25) is 0 Å². The van der Waals surface area contributed by atoms with Gasteiger partial charge in [-0.3, -0.25) is 0 Å². The van der Waals surface area contributed by atoms with Gasteiger partial charge in [0.15, 0.2) is 0 Å². The highest BCUT2D eigenvalue weighted by molar-refractivity contribution is 6.13. The van der Waals surface area contributed by atoms with Crippen molar-refractivity contribution in [1.82, 2.24) is 9.67 Å². The average Bonchev–Trinajstić information content (AvgIpc) is 2.96. The average molecular weight is 606 g/mol. The van der Waals surface area contributed by atoms with Gasteiger partial charge in [-0.1, -0.05) is 194 Å². The van der Waals surface area contributed by atoms with Gasteiger partial charge in [-0.05, 0) is 48.2 Å². The van der Waals surface area contributed by atoms with E-state index in [2.05, 4.69) is 23.5 Å². The van der Waals surface area contributed by atoms with Crippen molar-refractivity contribution in [1.29, 1.82) is 0 Å². The largest absolute Gasteiger partial charge is 0.234 e. The second-order valence-corrected chi connectivity index (χ2v) is 13.5. The summed E-state index contributed by atoms with van der Waals surface area (Å²) in [6, 6.07) is 0. The molecule has 0 heterocycles. The second kappa shape index (κ2) is 35.7. The molecule has 242 valence electrons. The molecule has 2 N–H and O–H groups in total. The van der Waals surface area contributed by atoms with Crippen LogP contribution in [-0.4, -0.2) is 13.1 Å². The van der Waals surface area contributed by atoms with Crippen LogP contribution in [-0.2, 0) is 0 Å². The van der Waals surface area contributed by atoms with Crippen molar-refractivity contribution in [2.75, 3.05) is 13.1 Å². The zero-order valence-corrected chi connectivity index (χ0v) is 29.0. The summed E-state index contributed by atoms with van der Waals surface area (Å²) in [5.41, 5.74) is 0. The van der Waals surface area contributed by atoms with E-state index in [1.54, 1.807) is 0 Å². The van der Waals surface area contributed by atoms with Crippen LogP contribution in [0.1, 0.15) is 206 Å². The van der Waals surface area contributed by atoms with E-state index < -0.39 is 0 Å². The van der Waals surface area contributed by atoms with E-state index in [9.17, 15) is 0 Å². The molecule has 0 aliphatic carbocycles.